The summed E-state index contributed by atoms with van der Waals surface area (Å²) < 4.78 is 25.8. The van der Waals surface area contributed by atoms with Crippen molar-refractivity contribution in [1.82, 2.24) is 14.6 Å². The first-order valence-corrected chi connectivity index (χ1v) is 6.63. The third-order valence-corrected chi connectivity index (χ3v) is 2.62. The summed E-state index contributed by atoms with van der Waals surface area (Å²) in [4.78, 5) is 0. The van der Waals surface area contributed by atoms with E-state index < -0.39 is 10.0 Å². The zero-order valence-corrected chi connectivity index (χ0v) is 9.84. The van der Waals surface area contributed by atoms with E-state index in [1.807, 2.05) is 30.1 Å². The molecule has 1 rings (SSSR count). The van der Waals surface area contributed by atoms with Gasteiger partial charge in [0.05, 0.1) is 6.26 Å². The third kappa shape index (κ3) is 5.56. The number of aryl methyl sites for hydroxylation is 1. The van der Waals surface area contributed by atoms with Crippen molar-refractivity contribution in [2.24, 2.45) is 7.05 Å². The average Bonchev–Trinajstić information content (AvgIpc) is 2.49. The molecule has 0 aromatic carbocycles. The molecule has 0 aliphatic heterocycles. The first kappa shape index (κ1) is 12.2. The van der Waals surface area contributed by atoms with Crippen LogP contribution in [0.3, 0.4) is 0 Å². The van der Waals surface area contributed by atoms with Crippen LogP contribution in [-0.4, -0.2) is 32.3 Å². The minimum atomic E-state index is -3.06. The average molecular weight is 231 g/mol. The standard InChI is InChI=1S/C9H17N3O2S/c1-12-6-3-9(8-12)7-10-4-5-11-15(2,13)14/h3,6,8,10-11H,4-5,7H2,1-2H3. The first-order chi connectivity index (χ1) is 6.97. The minimum Gasteiger partial charge on any atom is -0.357 e. The zero-order valence-electron chi connectivity index (χ0n) is 9.03. The number of nitrogens with zero attached hydrogens (tertiary/aromatic N) is 1. The molecule has 0 radical (unpaired) electrons. The highest BCUT2D eigenvalue weighted by atomic mass is 32.2. The van der Waals surface area contributed by atoms with Crippen LogP contribution in [0.2, 0.25) is 0 Å². The van der Waals surface area contributed by atoms with Crippen molar-refractivity contribution in [2.75, 3.05) is 19.3 Å². The van der Waals surface area contributed by atoms with Crippen LogP contribution in [0.5, 0.6) is 0 Å². The Hall–Kier alpha value is -0.850. The Morgan fingerprint density at radius 3 is 2.67 bits per heavy atom. The molecule has 0 saturated carbocycles. The number of hydrogen-bond donors (Lipinski definition) is 2. The Morgan fingerprint density at radius 2 is 2.13 bits per heavy atom. The molecule has 0 unspecified atom stereocenters. The van der Waals surface area contributed by atoms with Gasteiger partial charge in [-0.3, -0.25) is 0 Å². The van der Waals surface area contributed by atoms with Gasteiger partial charge in [0.1, 0.15) is 0 Å². The number of nitrogens with one attached hydrogen (secondary N) is 2. The number of hydrogen-bond acceptors (Lipinski definition) is 3. The van der Waals surface area contributed by atoms with Gasteiger partial charge in [-0.1, -0.05) is 0 Å². The molecule has 0 amide bonds. The maximum atomic E-state index is 10.7. The number of sulfonamides is 1. The zero-order chi connectivity index (χ0) is 11.3. The van der Waals surface area contributed by atoms with E-state index in [1.54, 1.807) is 0 Å². The van der Waals surface area contributed by atoms with Crippen LogP contribution in [0.25, 0.3) is 0 Å². The van der Waals surface area contributed by atoms with Crippen molar-refractivity contribution in [3.05, 3.63) is 24.0 Å². The lowest BCUT2D eigenvalue weighted by Crippen LogP contribution is -2.30. The van der Waals surface area contributed by atoms with E-state index in [4.69, 9.17) is 0 Å². The summed E-state index contributed by atoms with van der Waals surface area (Å²) in [5.41, 5.74) is 1.19. The van der Waals surface area contributed by atoms with E-state index in [9.17, 15) is 8.42 Å². The van der Waals surface area contributed by atoms with Crippen molar-refractivity contribution in [3.8, 4) is 0 Å². The van der Waals surface area contributed by atoms with Crippen molar-refractivity contribution in [1.29, 1.82) is 0 Å². The third-order valence-electron chi connectivity index (χ3n) is 1.89. The molecular weight excluding hydrogens is 214 g/mol. The SMILES string of the molecule is Cn1ccc(CNCCNS(C)(=O)=O)c1. The summed E-state index contributed by atoms with van der Waals surface area (Å²) in [5, 5.41) is 3.15. The lowest BCUT2D eigenvalue weighted by atomic mass is 10.3. The second-order valence-electron chi connectivity index (χ2n) is 3.53. The Kier molecular flexibility index (Phi) is 4.31. The monoisotopic (exact) mass is 231 g/mol. The molecule has 86 valence electrons. The van der Waals surface area contributed by atoms with Crippen LogP contribution >= 0.6 is 0 Å². The number of rotatable bonds is 6. The van der Waals surface area contributed by atoms with Crippen LogP contribution < -0.4 is 10.0 Å². The van der Waals surface area contributed by atoms with E-state index in [-0.39, 0.29) is 0 Å². The summed E-state index contributed by atoms with van der Waals surface area (Å²) in [6.45, 7) is 1.81. The lowest BCUT2D eigenvalue weighted by molar-refractivity contribution is 0.582. The Bertz CT molecular complexity index is 397. The fraction of sp³-hybridized carbons (Fsp3) is 0.556. The van der Waals surface area contributed by atoms with Crippen LogP contribution in [0.4, 0.5) is 0 Å². The van der Waals surface area contributed by atoms with Gasteiger partial charge in [-0.25, -0.2) is 13.1 Å². The second-order valence-corrected chi connectivity index (χ2v) is 5.36. The van der Waals surface area contributed by atoms with Crippen molar-refractivity contribution < 1.29 is 8.42 Å². The van der Waals surface area contributed by atoms with Gasteiger partial charge in [-0.15, -0.1) is 0 Å². The molecule has 0 aliphatic carbocycles. The van der Waals surface area contributed by atoms with Gasteiger partial charge in [0.25, 0.3) is 0 Å². The molecule has 1 aromatic rings. The minimum absolute atomic E-state index is 0.422. The molecule has 0 fully saturated rings. The first-order valence-electron chi connectivity index (χ1n) is 4.73. The van der Waals surface area contributed by atoms with Gasteiger partial charge in [0.2, 0.25) is 10.0 Å². The fourth-order valence-corrected chi connectivity index (χ4v) is 1.70. The number of aromatic nitrogens is 1. The highest BCUT2D eigenvalue weighted by Gasteiger charge is 1.98. The van der Waals surface area contributed by atoms with E-state index in [1.165, 1.54) is 5.56 Å². The fourth-order valence-electron chi connectivity index (χ4n) is 1.22. The molecule has 0 bridgehead atoms. The Morgan fingerprint density at radius 1 is 1.40 bits per heavy atom. The predicted molar refractivity (Wildman–Crippen MR) is 60.0 cm³/mol. The molecule has 0 aliphatic rings. The van der Waals surface area contributed by atoms with Crippen LogP contribution in [0, 0.1) is 0 Å². The highest BCUT2D eigenvalue weighted by Crippen LogP contribution is 1.97. The molecule has 0 atom stereocenters. The van der Waals surface area contributed by atoms with Crippen LogP contribution in [-0.2, 0) is 23.6 Å². The van der Waals surface area contributed by atoms with Crippen molar-refractivity contribution in [3.63, 3.8) is 0 Å². The van der Waals surface area contributed by atoms with E-state index >= 15 is 0 Å². The summed E-state index contributed by atoms with van der Waals surface area (Å²) in [5.74, 6) is 0. The van der Waals surface area contributed by atoms with Crippen molar-refractivity contribution >= 4 is 10.0 Å². The lowest BCUT2D eigenvalue weighted by Gasteiger charge is -2.03. The molecular formula is C9H17N3O2S. The molecule has 1 aromatic heterocycles. The van der Waals surface area contributed by atoms with Crippen molar-refractivity contribution in [2.45, 2.75) is 6.54 Å². The Labute approximate surface area is 90.5 Å². The summed E-state index contributed by atoms with van der Waals surface area (Å²) in [6.07, 6.45) is 5.16. The smallest absolute Gasteiger partial charge is 0.208 e. The maximum Gasteiger partial charge on any atom is 0.208 e. The second kappa shape index (κ2) is 5.29. The molecule has 0 spiro atoms. The van der Waals surface area contributed by atoms with E-state index in [2.05, 4.69) is 10.0 Å². The van der Waals surface area contributed by atoms with Crippen LogP contribution in [0.15, 0.2) is 18.5 Å². The highest BCUT2D eigenvalue weighted by molar-refractivity contribution is 7.88. The maximum absolute atomic E-state index is 10.7. The molecule has 5 nitrogen and oxygen atoms in total. The summed E-state index contributed by atoms with van der Waals surface area (Å²) >= 11 is 0. The molecule has 1 heterocycles. The molecule has 0 saturated heterocycles. The molecule has 15 heavy (non-hydrogen) atoms. The largest absolute Gasteiger partial charge is 0.357 e. The summed E-state index contributed by atoms with van der Waals surface area (Å²) in [6, 6.07) is 2.02. The predicted octanol–water partition coefficient (Wildman–Crippen LogP) is -0.336. The van der Waals surface area contributed by atoms with Crippen LogP contribution in [0.1, 0.15) is 5.56 Å². The van der Waals surface area contributed by atoms with E-state index in [0.29, 0.717) is 13.1 Å². The summed E-state index contributed by atoms with van der Waals surface area (Å²) in [7, 11) is -1.09. The molecule has 6 heteroatoms. The van der Waals surface area contributed by atoms with Gasteiger partial charge >= 0.3 is 0 Å². The topological polar surface area (TPSA) is 63.1 Å². The molecule has 2 N–H and O–H groups in total. The van der Waals surface area contributed by atoms with Gasteiger partial charge in [0.15, 0.2) is 0 Å². The normalized spacial score (nSPS) is 11.9. The quantitative estimate of drug-likeness (QED) is 0.659. The van der Waals surface area contributed by atoms with Gasteiger partial charge in [-0.2, -0.15) is 0 Å². The van der Waals surface area contributed by atoms with Gasteiger partial charge < -0.3 is 9.88 Å². The van der Waals surface area contributed by atoms with Gasteiger partial charge in [-0.05, 0) is 11.6 Å². The van der Waals surface area contributed by atoms with Gasteiger partial charge in [0, 0.05) is 39.1 Å². The Balaban J connectivity index is 2.12. The van der Waals surface area contributed by atoms with E-state index in [0.717, 1.165) is 12.8 Å².